The van der Waals surface area contributed by atoms with Gasteiger partial charge in [0.1, 0.15) is 18.1 Å². The van der Waals surface area contributed by atoms with Gasteiger partial charge in [-0.3, -0.25) is 4.79 Å². The van der Waals surface area contributed by atoms with Crippen LogP contribution in [-0.2, 0) is 20.6 Å². The molecule has 0 bridgehead atoms. The van der Waals surface area contributed by atoms with Crippen molar-refractivity contribution in [3.63, 3.8) is 0 Å². The number of piperidine rings is 1. The van der Waals surface area contributed by atoms with Crippen molar-refractivity contribution in [3.05, 3.63) is 58.6 Å². The number of sulfonamides is 1. The molecule has 3 rings (SSSR count). The first-order valence-electron chi connectivity index (χ1n) is 10.6. The third-order valence-corrected chi connectivity index (χ3v) is 7.81. The molecule has 1 heterocycles. The van der Waals surface area contributed by atoms with E-state index >= 15 is 0 Å². The summed E-state index contributed by atoms with van der Waals surface area (Å²) in [7, 11) is -1.80. The quantitative estimate of drug-likeness (QED) is 0.541. The number of hydrogen-bond acceptors (Lipinski definition) is 5. The minimum absolute atomic E-state index is 0.0309. The fourth-order valence-corrected chi connectivity index (χ4v) is 5.40. The predicted molar refractivity (Wildman–Crippen MR) is 127 cm³/mol. The normalized spacial score (nSPS) is 16.3. The SMILES string of the molecule is COc1ccc(OC[C@H](C)NC(=O)C2CCN(S(=O)(=O)Cc3ccc(Br)cc3)CC2)cc1. The summed E-state index contributed by atoms with van der Waals surface area (Å²) in [4.78, 5) is 12.6. The first kappa shape index (κ1) is 24.5. The molecular formula is C23H29BrN2O5S. The van der Waals surface area contributed by atoms with Gasteiger partial charge in [0, 0.05) is 23.5 Å². The van der Waals surface area contributed by atoms with Gasteiger partial charge in [-0.1, -0.05) is 28.1 Å². The summed E-state index contributed by atoms with van der Waals surface area (Å²) in [6, 6.07) is 14.4. The Kier molecular flexibility index (Phi) is 8.56. The maximum absolute atomic E-state index is 12.7. The lowest BCUT2D eigenvalue weighted by molar-refractivity contribution is -0.126. The Morgan fingerprint density at radius 2 is 1.69 bits per heavy atom. The summed E-state index contributed by atoms with van der Waals surface area (Å²) >= 11 is 3.36. The zero-order valence-corrected chi connectivity index (χ0v) is 20.7. The fraction of sp³-hybridized carbons (Fsp3) is 0.435. The molecule has 1 aliphatic heterocycles. The zero-order chi connectivity index (χ0) is 23.1. The van der Waals surface area contributed by atoms with Crippen LogP contribution in [0.3, 0.4) is 0 Å². The van der Waals surface area contributed by atoms with Crippen LogP contribution >= 0.6 is 15.9 Å². The van der Waals surface area contributed by atoms with Crippen molar-refractivity contribution in [2.75, 3.05) is 26.8 Å². The number of ether oxygens (including phenoxy) is 2. The summed E-state index contributed by atoms with van der Waals surface area (Å²) in [6.45, 7) is 2.94. The average molecular weight is 525 g/mol. The molecule has 0 aromatic heterocycles. The van der Waals surface area contributed by atoms with E-state index in [1.165, 1.54) is 4.31 Å². The van der Waals surface area contributed by atoms with Crippen molar-refractivity contribution < 1.29 is 22.7 Å². The standard InChI is InChI=1S/C23H29BrN2O5S/c1-17(15-31-22-9-7-21(30-2)8-10-22)25-23(27)19-11-13-26(14-12-19)32(28,29)16-18-3-5-20(24)6-4-18/h3-10,17,19H,11-16H2,1-2H3,(H,25,27)/t17-/m0/s1. The van der Waals surface area contributed by atoms with E-state index in [4.69, 9.17) is 9.47 Å². The molecule has 32 heavy (non-hydrogen) atoms. The Hall–Kier alpha value is -2.10. The number of benzene rings is 2. The highest BCUT2D eigenvalue weighted by Crippen LogP contribution is 2.23. The van der Waals surface area contributed by atoms with E-state index in [1.54, 1.807) is 19.2 Å². The number of methoxy groups -OCH3 is 1. The molecular weight excluding hydrogens is 496 g/mol. The maximum Gasteiger partial charge on any atom is 0.223 e. The van der Waals surface area contributed by atoms with Crippen molar-refractivity contribution in [2.24, 2.45) is 5.92 Å². The van der Waals surface area contributed by atoms with E-state index in [-0.39, 0.29) is 23.6 Å². The number of carbonyl (C=O) groups is 1. The van der Waals surface area contributed by atoms with Gasteiger partial charge < -0.3 is 14.8 Å². The van der Waals surface area contributed by atoms with Gasteiger partial charge in [-0.15, -0.1) is 0 Å². The van der Waals surface area contributed by atoms with Crippen molar-refractivity contribution >= 4 is 31.9 Å². The van der Waals surface area contributed by atoms with Gasteiger partial charge >= 0.3 is 0 Å². The summed E-state index contributed by atoms with van der Waals surface area (Å²) < 4.78 is 38.7. The van der Waals surface area contributed by atoms with Crippen molar-refractivity contribution in [3.8, 4) is 11.5 Å². The van der Waals surface area contributed by atoms with E-state index in [2.05, 4.69) is 21.2 Å². The number of nitrogens with one attached hydrogen (secondary N) is 1. The van der Waals surface area contributed by atoms with Crippen LogP contribution in [0, 0.1) is 5.92 Å². The van der Waals surface area contributed by atoms with E-state index in [1.807, 2.05) is 43.3 Å². The molecule has 0 aliphatic carbocycles. The van der Waals surface area contributed by atoms with Crippen LogP contribution in [-0.4, -0.2) is 51.5 Å². The first-order valence-corrected chi connectivity index (χ1v) is 13.0. The number of rotatable bonds is 9. The maximum atomic E-state index is 12.7. The van der Waals surface area contributed by atoms with Crippen LogP contribution < -0.4 is 14.8 Å². The molecule has 2 aromatic rings. The Labute approximate surface area is 198 Å². The Bertz CT molecular complexity index is 988. The highest BCUT2D eigenvalue weighted by Gasteiger charge is 2.31. The molecule has 0 radical (unpaired) electrons. The molecule has 1 fully saturated rings. The summed E-state index contributed by atoms with van der Waals surface area (Å²) in [5, 5.41) is 2.98. The minimum atomic E-state index is -3.41. The predicted octanol–water partition coefficient (Wildman–Crippen LogP) is 3.58. The number of halogens is 1. The first-order chi connectivity index (χ1) is 15.3. The number of carbonyl (C=O) groups excluding carboxylic acids is 1. The van der Waals surface area contributed by atoms with Gasteiger partial charge in [0.2, 0.25) is 15.9 Å². The monoisotopic (exact) mass is 524 g/mol. The van der Waals surface area contributed by atoms with E-state index in [0.29, 0.717) is 38.3 Å². The second-order valence-electron chi connectivity index (χ2n) is 7.95. The van der Waals surface area contributed by atoms with Crippen LogP contribution in [0.4, 0.5) is 0 Å². The molecule has 1 saturated heterocycles. The second kappa shape index (κ2) is 11.2. The molecule has 1 amide bonds. The molecule has 9 heteroatoms. The van der Waals surface area contributed by atoms with Gasteiger partial charge in [-0.2, -0.15) is 0 Å². The largest absolute Gasteiger partial charge is 0.497 e. The molecule has 1 N–H and O–H groups in total. The smallest absolute Gasteiger partial charge is 0.223 e. The van der Waals surface area contributed by atoms with E-state index in [9.17, 15) is 13.2 Å². The molecule has 1 aliphatic rings. The van der Waals surface area contributed by atoms with Crippen LogP contribution in [0.1, 0.15) is 25.3 Å². The van der Waals surface area contributed by atoms with Crippen LogP contribution in [0.2, 0.25) is 0 Å². The third-order valence-electron chi connectivity index (χ3n) is 5.43. The number of hydrogen-bond donors (Lipinski definition) is 1. The second-order valence-corrected chi connectivity index (χ2v) is 10.8. The minimum Gasteiger partial charge on any atom is -0.497 e. The van der Waals surface area contributed by atoms with Gasteiger partial charge in [-0.25, -0.2) is 12.7 Å². The highest BCUT2D eigenvalue weighted by atomic mass is 79.9. The van der Waals surface area contributed by atoms with Crippen molar-refractivity contribution in [1.82, 2.24) is 9.62 Å². The Morgan fingerprint density at radius 3 is 2.28 bits per heavy atom. The number of amides is 1. The molecule has 2 aromatic carbocycles. The summed E-state index contributed by atoms with van der Waals surface area (Å²) in [6.07, 6.45) is 1.02. The van der Waals surface area contributed by atoms with Gasteiger partial charge in [0.15, 0.2) is 0 Å². The van der Waals surface area contributed by atoms with Gasteiger partial charge in [0.25, 0.3) is 0 Å². The fourth-order valence-electron chi connectivity index (χ4n) is 3.57. The van der Waals surface area contributed by atoms with E-state index < -0.39 is 10.0 Å². The zero-order valence-electron chi connectivity index (χ0n) is 18.3. The molecule has 0 saturated carbocycles. The third kappa shape index (κ3) is 6.95. The molecule has 0 spiro atoms. The van der Waals surface area contributed by atoms with Crippen molar-refractivity contribution in [2.45, 2.75) is 31.6 Å². The highest BCUT2D eigenvalue weighted by molar-refractivity contribution is 9.10. The molecule has 1 atom stereocenters. The Balaban J connectivity index is 1.43. The van der Waals surface area contributed by atoms with Crippen LogP contribution in [0.15, 0.2) is 53.0 Å². The van der Waals surface area contributed by atoms with Crippen molar-refractivity contribution in [1.29, 1.82) is 0 Å². The lowest BCUT2D eigenvalue weighted by Crippen LogP contribution is -2.46. The summed E-state index contributed by atoms with van der Waals surface area (Å²) in [5.74, 6) is 1.18. The topological polar surface area (TPSA) is 84.9 Å². The average Bonchev–Trinajstić information content (AvgIpc) is 2.79. The molecule has 7 nitrogen and oxygen atoms in total. The Morgan fingerprint density at radius 1 is 1.09 bits per heavy atom. The summed E-state index contributed by atoms with van der Waals surface area (Å²) in [5.41, 5.74) is 0.749. The van der Waals surface area contributed by atoms with Crippen LogP contribution in [0.25, 0.3) is 0 Å². The van der Waals surface area contributed by atoms with Gasteiger partial charge in [-0.05, 0) is 61.7 Å². The van der Waals surface area contributed by atoms with Gasteiger partial charge in [0.05, 0.1) is 18.9 Å². The molecule has 0 unspecified atom stereocenters. The lowest BCUT2D eigenvalue weighted by Gasteiger charge is -2.31. The van der Waals surface area contributed by atoms with Crippen LogP contribution in [0.5, 0.6) is 11.5 Å². The molecule has 174 valence electrons. The number of nitrogens with zero attached hydrogens (tertiary/aromatic N) is 1. The lowest BCUT2D eigenvalue weighted by atomic mass is 9.97. The van der Waals surface area contributed by atoms with E-state index in [0.717, 1.165) is 15.8 Å².